The molecule has 1 aliphatic carbocycles. The van der Waals surface area contributed by atoms with Gasteiger partial charge < -0.3 is 15.4 Å². The fourth-order valence-corrected chi connectivity index (χ4v) is 2.17. The molecule has 2 rings (SSSR count). The summed E-state index contributed by atoms with van der Waals surface area (Å²) in [7, 11) is 0. The molecule has 2 aliphatic rings. The Labute approximate surface area is 84.4 Å². The molecule has 1 heterocycles. The van der Waals surface area contributed by atoms with Gasteiger partial charge in [0.2, 0.25) is 0 Å². The van der Waals surface area contributed by atoms with Gasteiger partial charge in [-0.05, 0) is 33.2 Å². The number of carbonyl (C=O) groups excluding carboxylic acids is 1. The maximum Gasteiger partial charge on any atom is 0.410 e. The molecule has 0 radical (unpaired) electrons. The maximum atomic E-state index is 11.6. The third-order valence-electron chi connectivity index (χ3n) is 2.95. The largest absolute Gasteiger partial charge is 0.444 e. The molecular formula is C10H18N2O2. The second-order valence-corrected chi connectivity index (χ2v) is 5.19. The van der Waals surface area contributed by atoms with E-state index in [1.54, 1.807) is 4.90 Å². The second kappa shape index (κ2) is 2.86. The fourth-order valence-electron chi connectivity index (χ4n) is 2.17. The minimum Gasteiger partial charge on any atom is -0.444 e. The number of amides is 1. The average Bonchev–Trinajstić information content (AvgIpc) is 2.50. The molecule has 0 spiro atoms. The maximum absolute atomic E-state index is 11.6. The van der Waals surface area contributed by atoms with Crippen LogP contribution in [0.1, 0.15) is 20.8 Å². The van der Waals surface area contributed by atoms with Crippen molar-refractivity contribution in [2.24, 2.45) is 17.6 Å². The van der Waals surface area contributed by atoms with Crippen LogP contribution in [0.15, 0.2) is 0 Å². The van der Waals surface area contributed by atoms with Crippen molar-refractivity contribution in [3.8, 4) is 0 Å². The van der Waals surface area contributed by atoms with Crippen molar-refractivity contribution in [3.63, 3.8) is 0 Å². The highest BCUT2D eigenvalue weighted by Crippen LogP contribution is 2.52. The molecule has 4 heteroatoms. The Kier molecular flexibility index (Phi) is 2.00. The lowest BCUT2D eigenvalue weighted by Crippen LogP contribution is -2.46. The zero-order valence-corrected chi connectivity index (χ0v) is 8.99. The van der Waals surface area contributed by atoms with E-state index in [9.17, 15) is 4.79 Å². The third-order valence-corrected chi connectivity index (χ3v) is 2.95. The molecular weight excluding hydrogens is 180 g/mol. The Balaban J connectivity index is 1.84. The van der Waals surface area contributed by atoms with Crippen LogP contribution in [-0.2, 0) is 4.74 Å². The molecule has 2 fully saturated rings. The van der Waals surface area contributed by atoms with Gasteiger partial charge in [0.05, 0.1) is 0 Å². The van der Waals surface area contributed by atoms with Gasteiger partial charge in [0.1, 0.15) is 5.60 Å². The summed E-state index contributed by atoms with van der Waals surface area (Å²) in [6.07, 6.45) is -0.185. The molecule has 80 valence electrons. The highest BCUT2D eigenvalue weighted by molar-refractivity contribution is 5.71. The Hall–Kier alpha value is -0.770. The van der Waals surface area contributed by atoms with Gasteiger partial charge >= 0.3 is 6.09 Å². The van der Waals surface area contributed by atoms with Gasteiger partial charge in [-0.25, -0.2) is 4.79 Å². The van der Waals surface area contributed by atoms with Crippen molar-refractivity contribution in [1.82, 2.24) is 4.90 Å². The monoisotopic (exact) mass is 198 g/mol. The number of hydrogen-bond donors (Lipinski definition) is 1. The molecule has 1 saturated carbocycles. The highest BCUT2D eigenvalue weighted by Gasteiger charge is 2.63. The van der Waals surface area contributed by atoms with Gasteiger partial charge in [-0.3, -0.25) is 0 Å². The minimum atomic E-state index is -0.394. The number of rotatable bonds is 1. The zero-order valence-electron chi connectivity index (χ0n) is 8.99. The van der Waals surface area contributed by atoms with E-state index in [0.29, 0.717) is 24.4 Å². The van der Waals surface area contributed by atoms with Crippen LogP contribution in [0.3, 0.4) is 0 Å². The Morgan fingerprint density at radius 2 is 2.21 bits per heavy atom. The van der Waals surface area contributed by atoms with Gasteiger partial charge in [-0.15, -0.1) is 0 Å². The van der Waals surface area contributed by atoms with Gasteiger partial charge in [0, 0.05) is 18.5 Å². The van der Waals surface area contributed by atoms with Crippen molar-refractivity contribution in [2.45, 2.75) is 32.4 Å². The first-order chi connectivity index (χ1) is 6.44. The first-order valence-corrected chi connectivity index (χ1v) is 5.14. The lowest BCUT2D eigenvalue weighted by molar-refractivity contribution is 0.0107. The summed E-state index contributed by atoms with van der Waals surface area (Å²) >= 11 is 0. The Bertz CT molecular complexity index is 259. The first-order valence-electron chi connectivity index (χ1n) is 5.14. The summed E-state index contributed by atoms with van der Waals surface area (Å²) in [4.78, 5) is 13.4. The van der Waals surface area contributed by atoms with Gasteiger partial charge in [-0.1, -0.05) is 0 Å². The molecule has 1 amide bonds. The quantitative estimate of drug-likeness (QED) is 0.678. The van der Waals surface area contributed by atoms with E-state index in [4.69, 9.17) is 10.5 Å². The molecule has 1 saturated heterocycles. The van der Waals surface area contributed by atoms with Crippen molar-refractivity contribution in [1.29, 1.82) is 0 Å². The van der Waals surface area contributed by atoms with E-state index in [0.717, 1.165) is 6.54 Å². The van der Waals surface area contributed by atoms with Crippen molar-refractivity contribution >= 4 is 6.09 Å². The predicted molar refractivity (Wildman–Crippen MR) is 52.8 cm³/mol. The first kappa shape index (κ1) is 9.77. The standard InChI is InChI=1S/C10H18N2O2/c1-10(2,3)14-9(13)12-5-7-6(4-11)8(7)12/h6-8H,4-5,11H2,1-3H3. The summed E-state index contributed by atoms with van der Waals surface area (Å²) in [5.41, 5.74) is 5.17. The van der Waals surface area contributed by atoms with Crippen molar-refractivity contribution in [3.05, 3.63) is 0 Å². The van der Waals surface area contributed by atoms with Crippen LogP contribution in [-0.4, -0.2) is 35.7 Å². The summed E-state index contributed by atoms with van der Waals surface area (Å²) in [6.45, 7) is 7.18. The topological polar surface area (TPSA) is 55.6 Å². The van der Waals surface area contributed by atoms with Crippen LogP contribution in [0, 0.1) is 11.8 Å². The van der Waals surface area contributed by atoms with Crippen LogP contribution >= 0.6 is 0 Å². The third kappa shape index (κ3) is 1.47. The predicted octanol–water partition coefficient (Wildman–Crippen LogP) is 0.810. The zero-order chi connectivity index (χ0) is 10.5. The van der Waals surface area contributed by atoms with Crippen LogP contribution in [0.2, 0.25) is 0 Å². The van der Waals surface area contributed by atoms with E-state index in [1.165, 1.54) is 0 Å². The molecule has 4 nitrogen and oxygen atoms in total. The molecule has 0 aromatic carbocycles. The lowest BCUT2D eigenvalue weighted by Gasteiger charge is -2.32. The van der Waals surface area contributed by atoms with E-state index < -0.39 is 5.60 Å². The number of nitrogens with two attached hydrogens (primary N) is 1. The summed E-state index contributed by atoms with van der Waals surface area (Å²) < 4.78 is 5.28. The molecule has 0 aromatic heterocycles. The van der Waals surface area contributed by atoms with Gasteiger partial charge in [0.15, 0.2) is 0 Å². The molecule has 2 N–H and O–H groups in total. The molecule has 3 unspecified atom stereocenters. The molecule has 3 atom stereocenters. The molecule has 1 aliphatic heterocycles. The average molecular weight is 198 g/mol. The lowest BCUT2D eigenvalue weighted by atomic mass is 10.2. The minimum absolute atomic E-state index is 0.185. The fraction of sp³-hybridized carbons (Fsp3) is 0.900. The van der Waals surface area contributed by atoms with Crippen LogP contribution in [0.5, 0.6) is 0 Å². The van der Waals surface area contributed by atoms with Crippen LogP contribution in [0.4, 0.5) is 4.79 Å². The smallest absolute Gasteiger partial charge is 0.410 e. The van der Waals surface area contributed by atoms with Gasteiger partial charge in [-0.2, -0.15) is 0 Å². The molecule has 14 heavy (non-hydrogen) atoms. The number of carbonyl (C=O) groups is 1. The van der Waals surface area contributed by atoms with E-state index >= 15 is 0 Å². The normalized spacial score (nSPS) is 34.6. The van der Waals surface area contributed by atoms with Crippen LogP contribution < -0.4 is 5.73 Å². The summed E-state index contributed by atoms with van der Waals surface area (Å²) in [5, 5.41) is 0. The van der Waals surface area contributed by atoms with E-state index in [1.807, 2.05) is 20.8 Å². The Morgan fingerprint density at radius 3 is 2.64 bits per heavy atom. The number of nitrogens with zero attached hydrogens (tertiary/aromatic N) is 1. The van der Waals surface area contributed by atoms with E-state index in [-0.39, 0.29) is 6.09 Å². The van der Waals surface area contributed by atoms with Crippen molar-refractivity contribution in [2.75, 3.05) is 13.1 Å². The number of fused-ring (bicyclic) bond motifs is 1. The Morgan fingerprint density at radius 1 is 1.57 bits per heavy atom. The van der Waals surface area contributed by atoms with Crippen molar-refractivity contribution < 1.29 is 9.53 Å². The second-order valence-electron chi connectivity index (χ2n) is 5.19. The number of hydrogen-bond acceptors (Lipinski definition) is 3. The van der Waals surface area contributed by atoms with Crippen LogP contribution in [0.25, 0.3) is 0 Å². The highest BCUT2D eigenvalue weighted by atomic mass is 16.6. The summed E-state index contributed by atoms with van der Waals surface area (Å²) in [6, 6.07) is 0.384. The SMILES string of the molecule is CC(C)(C)OC(=O)N1CC2C(CN)C21. The number of ether oxygens (including phenoxy) is 1. The van der Waals surface area contributed by atoms with E-state index in [2.05, 4.69) is 0 Å². The number of likely N-dealkylation sites (tertiary alicyclic amines) is 1. The molecule has 0 aromatic rings. The summed E-state index contributed by atoms with van der Waals surface area (Å²) in [5.74, 6) is 1.19. The van der Waals surface area contributed by atoms with Gasteiger partial charge in [0.25, 0.3) is 0 Å². The molecule has 0 bridgehead atoms.